The average molecular weight is 396 g/mol. The van der Waals surface area contributed by atoms with Gasteiger partial charge in [-0.3, -0.25) is 0 Å². The number of nitrogens with zero attached hydrogens (tertiary/aromatic N) is 1. The standard InChI is InChI=1S/C20H20N4O5/c1-12(29-19(21)25)13-4-3-5-14(8-13)23-20(26)24-15-6-7-16(17(9-15)27-2)18-10-22-11-28-18/h3-12H,1-2H3,(H2,21,25)(H2,23,24,26). The summed E-state index contributed by atoms with van der Waals surface area (Å²) in [5.74, 6) is 1.08. The molecule has 3 rings (SSSR count). The van der Waals surface area contributed by atoms with Crippen LogP contribution in [0.3, 0.4) is 0 Å². The van der Waals surface area contributed by atoms with Crippen LogP contribution in [0.1, 0.15) is 18.6 Å². The molecule has 0 aliphatic rings. The van der Waals surface area contributed by atoms with Crippen LogP contribution in [0.4, 0.5) is 21.0 Å². The lowest BCUT2D eigenvalue weighted by atomic mass is 10.1. The van der Waals surface area contributed by atoms with Gasteiger partial charge in [-0.2, -0.15) is 0 Å². The van der Waals surface area contributed by atoms with E-state index in [2.05, 4.69) is 15.6 Å². The lowest BCUT2D eigenvalue weighted by Crippen LogP contribution is -2.20. The average Bonchev–Trinajstić information content (AvgIpc) is 3.22. The number of hydrogen-bond donors (Lipinski definition) is 3. The number of primary amides is 1. The van der Waals surface area contributed by atoms with Crippen molar-refractivity contribution in [1.82, 2.24) is 4.98 Å². The van der Waals surface area contributed by atoms with Crippen molar-refractivity contribution in [3.05, 3.63) is 60.6 Å². The Morgan fingerprint density at radius 1 is 1.14 bits per heavy atom. The molecule has 1 aromatic heterocycles. The van der Waals surface area contributed by atoms with Crippen LogP contribution < -0.4 is 21.1 Å². The molecule has 1 heterocycles. The largest absolute Gasteiger partial charge is 0.496 e. The van der Waals surface area contributed by atoms with Gasteiger partial charge in [0.05, 0.1) is 18.9 Å². The van der Waals surface area contributed by atoms with E-state index < -0.39 is 18.2 Å². The van der Waals surface area contributed by atoms with E-state index in [1.165, 1.54) is 13.5 Å². The van der Waals surface area contributed by atoms with E-state index >= 15 is 0 Å². The molecular formula is C20H20N4O5. The van der Waals surface area contributed by atoms with Gasteiger partial charge in [0.15, 0.2) is 12.2 Å². The molecule has 29 heavy (non-hydrogen) atoms. The molecule has 0 saturated heterocycles. The monoisotopic (exact) mass is 396 g/mol. The molecule has 0 saturated carbocycles. The second kappa shape index (κ2) is 8.79. The second-order valence-corrected chi connectivity index (χ2v) is 6.06. The van der Waals surface area contributed by atoms with Crippen molar-refractivity contribution in [3.63, 3.8) is 0 Å². The van der Waals surface area contributed by atoms with Crippen LogP contribution in [0.2, 0.25) is 0 Å². The molecule has 2 aromatic carbocycles. The molecule has 0 aliphatic carbocycles. The first kappa shape index (κ1) is 19.7. The number of urea groups is 1. The van der Waals surface area contributed by atoms with Crippen molar-refractivity contribution in [2.75, 3.05) is 17.7 Å². The number of rotatable bonds is 6. The number of methoxy groups -OCH3 is 1. The van der Waals surface area contributed by atoms with E-state index in [4.69, 9.17) is 19.6 Å². The van der Waals surface area contributed by atoms with Crippen LogP contribution in [0.5, 0.6) is 5.75 Å². The lowest BCUT2D eigenvalue weighted by molar-refractivity contribution is 0.116. The van der Waals surface area contributed by atoms with Gasteiger partial charge in [0.2, 0.25) is 0 Å². The predicted octanol–water partition coefficient (Wildman–Crippen LogP) is 4.15. The summed E-state index contributed by atoms with van der Waals surface area (Å²) in [5.41, 5.74) is 7.51. The smallest absolute Gasteiger partial charge is 0.405 e. The van der Waals surface area contributed by atoms with Gasteiger partial charge in [0.25, 0.3) is 0 Å². The molecule has 3 aromatic rings. The highest BCUT2D eigenvalue weighted by Gasteiger charge is 2.13. The van der Waals surface area contributed by atoms with Gasteiger partial charge >= 0.3 is 12.1 Å². The first-order valence-electron chi connectivity index (χ1n) is 8.67. The molecule has 1 atom stereocenters. The zero-order chi connectivity index (χ0) is 20.8. The molecule has 4 N–H and O–H groups in total. The van der Waals surface area contributed by atoms with E-state index in [0.29, 0.717) is 34.0 Å². The van der Waals surface area contributed by atoms with Crippen LogP contribution in [0.25, 0.3) is 11.3 Å². The number of anilines is 2. The number of carbonyl (C=O) groups is 2. The zero-order valence-corrected chi connectivity index (χ0v) is 15.8. The molecule has 9 nitrogen and oxygen atoms in total. The Morgan fingerprint density at radius 3 is 2.55 bits per heavy atom. The van der Waals surface area contributed by atoms with Crippen molar-refractivity contribution in [3.8, 4) is 17.1 Å². The van der Waals surface area contributed by atoms with Gasteiger partial charge in [-0.05, 0) is 36.8 Å². The fourth-order valence-electron chi connectivity index (χ4n) is 2.73. The molecule has 9 heteroatoms. The molecule has 0 aliphatic heterocycles. The lowest BCUT2D eigenvalue weighted by Gasteiger charge is -2.14. The SMILES string of the molecule is COc1cc(NC(=O)Nc2cccc(C(C)OC(N)=O)c2)ccc1-c1cnco1. The Morgan fingerprint density at radius 2 is 1.90 bits per heavy atom. The normalized spacial score (nSPS) is 11.4. The highest BCUT2D eigenvalue weighted by molar-refractivity contribution is 6.00. The molecule has 1 unspecified atom stereocenters. The van der Waals surface area contributed by atoms with Crippen molar-refractivity contribution in [2.24, 2.45) is 5.73 Å². The molecule has 0 spiro atoms. The summed E-state index contributed by atoms with van der Waals surface area (Å²) >= 11 is 0. The van der Waals surface area contributed by atoms with Gasteiger partial charge in [-0.25, -0.2) is 14.6 Å². The van der Waals surface area contributed by atoms with E-state index in [1.807, 2.05) is 0 Å². The number of nitrogens with one attached hydrogen (secondary N) is 2. The number of nitrogens with two attached hydrogens (primary N) is 1. The summed E-state index contributed by atoms with van der Waals surface area (Å²) < 4.78 is 15.6. The van der Waals surface area contributed by atoms with Crippen molar-refractivity contribution < 1.29 is 23.5 Å². The van der Waals surface area contributed by atoms with E-state index in [1.54, 1.807) is 55.6 Å². The second-order valence-electron chi connectivity index (χ2n) is 6.06. The number of oxazole rings is 1. The Labute approximate surface area is 166 Å². The first-order chi connectivity index (χ1) is 14.0. The topological polar surface area (TPSA) is 129 Å². The molecule has 3 amide bonds. The highest BCUT2D eigenvalue weighted by Crippen LogP contribution is 2.32. The van der Waals surface area contributed by atoms with Crippen LogP contribution >= 0.6 is 0 Å². The van der Waals surface area contributed by atoms with Gasteiger partial charge in [0.1, 0.15) is 11.9 Å². The Bertz CT molecular complexity index is 1000. The third-order valence-electron chi connectivity index (χ3n) is 4.06. The molecule has 0 radical (unpaired) electrons. The number of amides is 3. The quantitative estimate of drug-likeness (QED) is 0.574. The molecular weight excluding hydrogens is 376 g/mol. The maximum absolute atomic E-state index is 12.4. The highest BCUT2D eigenvalue weighted by atomic mass is 16.6. The van der Waals surface area contributed by atoms with Gasteiger partial charge in [-0.1, -0.05) is 12.1 Å². The Balaban J connectivity index is 1.69. The van der Waals surface area contributed by atoms with Gasteiger partial charge < -0.3 is 30.3 Å². The molecule has 150 valence electrons. The Kier molecular flexibility index (Phi) is 5.98. The minimum Gasteiger partial charge on any atom is -0.496 e. The predicted molar refractivity (Wildman–Crippen MR) is 107 cm³/mol. The van der Waals surface area contributed by atoms with Crippen LogP contribution in [-0.4, -0.2) is 24.2 Å². The fourth-order valence-corrected chi connectivity index (χ4v) is 2.73. The zero-order valence-electron chi connectivity index (χ0n) is 15.8. The van der Waals surface area contributed by atoms with Gasteiger partial charge in [0, 0.05) is 17.4 Å². The minimum atomic E-state index is -0.865. The van der Waals surface area contributed by atoms with Crippen LogP contribution in [-0.2, 0) is 4.74 Å². The summed E-state index contributed by atoms with van der Waals surface area (Å²) in [4.78, 5) is 27.1. The van der Waals surface area contributed by atoms with E-state index in [9.17, 15) is 9.59 Å². The third kappa shape index (κ3) is 5.04. The molecule has 0 bridgehead atoms. The van der Waals surface area contributed by atoms with Crippen molar-refractivity contribution >= 4 is 23.5 Å². The number of benzene rings is 2. The fraction of sp³-hybridized carbons (Fsp3) is 0.150. The summed E-state index contributed by atoms with van der Waals surface area (Å²) in [6, 6.07) is 11.6. The summed E-state index contributed by atoms with van der Waals surface area (Å²) in [6.45, 7) is 1.69. The van der Waals surface area contributed by atoms with Crippen molar-refractivity contribution in [2.45, 2.75) is 13.0 Å². The number of hydrogen-bond acceptors (Lipinski definition) is 6. The maximum Gasteiger partial charge on any atom is 0.405 e. The summed E-state index contributed by atoms with van der Waals surface area (Å²) in [7, 11) is 1.53. The minimum absolute atomic E-state index is 0.444. The number of aromatic nitrogens is 1. The third-order valence-corrected chi connectivity index (χ3v) is 4.06. The first-order valence-corrected chi connectivity index (χ1v) is 8.67. The van der Waals surface area contributed by atoms with Crippen molar-refractivity contribution in [1.29, 1.82) is 0 Å². The molecule has 0 fully saturated rings. The number of carbonyl (C=O) groups excluding carboxylic acids is 2. The Hall–Kier alpha value is -4.01. The van der Waals surface area contributed by atoms with E-state index in [-0.39, 0.29) is 0 Å². The van der Waals surface area contributed by atoms with Crippen LogP contribution in [0, 0.1) is 0 Å². The number of ether oxygens (including phenoxy) is 2. The summed E-state index contributed by atoms with van der Waals surface area (Å²) in [5, 5.41) is 5.46. The summed E-state index contributed by atoms with van der Waals surface area (Å²) in [6.07, 6.45) is 1.51. The maximum atomic E-state index is 12.4. The van der Waals surface area contributed by atoms with E-state index in [0.717, 1.165) is 0 Å². The van der Waals surface area contributed by atoms with Gasteiger partial charge in [-0.15, -0.1) is 0 Å². The van der Waals surface area contributed by atoms with Crippen LogP contribution in [0.15, 0.2) is 59.5 Å².